The van der Waals surface area contributed by atoms with Gasteiger partial charge in [0.25, 0.3) is 5.56 Å². The molecule has 0 aliphatic rings. The van der Waals surface area contributed by atoms with Gasteiger partial charge in [0.15, 0.2) is 0 Å². The van der Waals surface area contributed by atoms with Crippen LogP contribution in [-0.4, -0.2) is 48.4 Å². The SMILES string of the molecule is CCCCCCCCCCCCCCCCCCOCCOP(=O)(COC(C)Cn1ccc(=O)[nH]c1=O)OCC. The van der Waals surface area contributed by atoms with E-state index < -0.39 is 24.9 Å². The second-order valence-electron chi connectivity index (χ2n) is 10.6. The van der Waals surface area contributed by atoms with E-state index in [0.717, 1.165) is 6.42 Å². The van der Waals surface area contributed by atoms with Gasteiger partial charge in [-0.05, 0) is 20.3 Å². The van der Waals surface area contributed by atoms with Crippen molar-refractivity contribution in [3.63, 3.8) is 0 Å². The predicted octanol–water partition coefficient (Wildman–Crippen LogP) is 7.42. The van der Waals surface area contributed by atoms with Gasteiger partial charge in [0.2, 0.25) is 0 Å². The van der Waals surface area contributed by atoms with Crippen molar-refractivity contribution in [3.05, 3.63) is 33.1 Å². The number of nitrogens with zero attached hydrogens (tertiary/aromatic N) is 1. The lowest BCUT2D eigenvalue weighted by Gasteiger charge is -2.21. The number of hydrogen-bond donors (Lipinski definition) is 1. The van der Waals surface area contributed by atoms with Crippen molar-refractivity contribution in [1.82, 2.24) is 9.55 Å². The highest BCUT2D eigenvalue weighted by molar-refractivity contribution is 7.53. The topological polar surface area (TPSA) is 109 Å². The smallest absolute Gasteiger partial charge is 0.356 e. The summed E-state index contributed by atoms with van der Waals surface area (Å²) in [5.74, 6) is 0. The molecule has 0 fully saturated rings. The van der Waals surface area contributed by atoms with Crippen molar-refractivity contribution >= 4 is 7.60 Å². The van der Waals surface area contributed by atoms with Gasteiger partial charge in [0.05, 0.1) is 32.5 Å². The third kappa shape index (κ3) is 19.8. The van der Waals surface area contributed by atoms with E-state index in [-0.39, 0.29) is 26.1 Å². The van der Waals surface area contributed by atoms with Crippen molar-refractivity contribution < 1.29 is 23.1 Å². The maximum absolute atomic E-state index is 12.9. The Kier molecular flexibility index (Phi) is 22.4. The average Bonchev–Trinajstić information content (AvgIpc) is 2.92. The zero-order valence-electron chi connectivity index (χ0n) is 25.5. The summed E-state index contributed by atoms with van der Waals surface area (Å²) in [5, 5.41) is 0. The van der Waals surface area contributed by atoms with Crippen LogP contribution in [0.3, 0.4) is 0 Å². The lowest BCUT2D eigenvalue weighted by atomic mass is 10.0. The normalized spacial score (nSPS) is 13.9. The standard InChI is InChI=1S/C30H57N2O7P/c1-4-6-7-8-9-10-11-12-13-14-15-16-17-18-19-20-23-36-24-25-39-40(35,38-5-2)27-37-28(3)26-32-22-21-29(33)31-30(32)34/h21-22,28H,4-20,23-27H2,1-3H3,(H,31,33,34). The molecule has 10 heteroatoms. The van der Waals surface area contributed by atoms with Crippen LogP contribution in [0.5, 0.6) is 0 Å². The zero-order chi connectivity index (χ0) is 29.3. The first-order valence-electron chi connectivity index (χ1n) is 15.8. The Labute approximate surface area is 242 Å². The highest BCUT2D eigenvalue weighted by Crippen LogP contribution is 2.48. The van der Waals surface area contributed by atoms with Crippen molar-refractivity contribution in [1.29, 1.82) is 0 Å². The van der Waals surface area contributed by atoms with Crippen molar-refractivity contribution in [2.24, 2.45) is 0 Å². The van der Waals surface area contributed by atoms with Crippen molar-refractivity contribution in [3.8, 4) is 0 Å². The number of unbranched alkanes of at least 4 members (excludes halogenated alkanes) is 15. The number of aromatic nitrogens is 2. The lowest BCUT2D eigenvalue weighted by Crippen LogP contribution is -2.32. The van der Waals surface area contributed by atoms with Crippen LogP contribution in [0, 0.1) is 0 Å². The molecule has 0 bridgehead atoms. The second kappa shape index (κ2) is 24.4. The molecule has 1 N–H and O–H groups in total. The Morgan fingerprint density at radius 2 is 1.32 bits per heavy atom. The monoisotopic (exact) mass is 588 g/mol. The fourth-order valence-corrected chi connectivity index (χ4v) is 5.94. The Bertz CT molecular complexity index is 889. The van der Waals surface area contributed by atoms with Crippen LogP contribution in [-0.2, 0) is 29.6 Å². The summed E-state index contributed by atoms with van der Waals surface area (Å²) in [4.78, 5) is 25.2. The van der Waals surface area contributed by atoms with E-state index in [9.17, 15) is 14.2 Å². The Morgan fingerprint density at radius 3 is 1.85 bits per heavy atom. The minimum Gasteiger partial charge on any atom is -0.379 e. The van der Waals surface area contributed by atoms with Crippen LogP contribution in [0.15, 0.2) is 21.9 Å². The molecule has 40 heavy (non-hydrogen) atoms. The van der Waals surface area contributed by atoms with Crippen molar-refractivity contribution in [2.45, 2.75) is 136 Å². The fourth-order valence-electron chi connectivity index (χ4n) is 4.53. The van der Waals surface area contributed by atoms with Gasteiger partial charge in [-0.1, -0.05) is 103 Å². The van der Waals surface area contributed by atoms with Crippen LogP contribution in [0.1, 0.15) is 124 Å². The number of ether oxygens (including phenoxy) is 2. The highest BCUT2D eigenvalue weighted by Gasteiger charge is 2.25. The maximum Gasteiger partial charge on any atom is 0.356 e. The number of rotatable bonds is 28. The van der Waals surface area contributed by atoms with E-state index in [1.54, 1.807) is 13.8 Å². The Balaban J connectivity index is 1.99. The van der Waals surface area contributed by atoms with Crippen LogP contribution >= 0.6 is 7.60 Å². The molecule has 0 saturated heterocycles. The van der Waals surface area contributed by atoms with Crippen LogP contribution in [0.4, 0.5) is 0 Å². The Hall–Kier alpha value is -1.25. The molecule has 0 amide bonds. The van der Waals surface area contributed by atoms with Gasteiger partial charge in [-0.2, -0.15) is 0 Å². The average molecular weight is 589 g/mol. The number of aromatic amines is 1. The van der Waals surface area contributed by atoms with Crippen LogP contribution < -0.4 is 11.2 Å². The van der Waals surface area contributed by atoms with E-state index in [0.29, 0.717) is 13.2 Å². The molecule has 1 rings (SSSR count). The molecule has 2 unspecified atom stereocenters. The largest absolute Gasteiger partial charge is 0.379 e. The van der Waals surface area contributed by atoms with Crippen LogP contribution in [0.2, 0.25) is 0 Å². The van der Waals surface area contributed by atoms with Gasteiger partial charge >= 0.3 is 13.3 Å². The fraction of sp³-hybridized carbons (Fsp3) is 0.867. The van der Waals surface area contributed by atoms with E-state index >= 15 is 0 Å². The minimum absolute atomic E-state index is 0.160. The van der Waals surface area contributed by atoms with Gasteiger partial charge in [0.1, 0.15) is 6.35 Å². The minimum atomic E-state index is -3.44. The van der Waals surface area contributed by atoms with E-state index in [1.165, 1.54) is 113 Å². The molecule has 0 aromatic carbocycles. The summed E-state index contributed by atoms with van der Waals surface area (Å²) in [6, 6.07) is 1.27. The molecule has 2 atom stereocenters. The Morgan fingerprint density at radius 1 is 0.775 bits per heavy atom. The van der Waals surface area contributed by atoms with Gasteiger partial charge in [0, 0.05) is 18.9 Å². The molecular weight excluding hydrogens is 531 g/mol. The molecule has 1 aromatic rings. The van der Waals surface area contributed by atoms with E-state index in [1.807, 2.05) is 0 Å². The van der Waals surface area contributed by atoms with Gasteiger partial charge in [-0.25, -0.2) is 4.79 Å². The lowest BCUT2D eigenvalue weighted by molar-refractivity contribution is 0.0540. The highest BCUT2D eigenvalue weighted by atomic mass is 31.2. The molecular formula is C30H57N2O7P. The molecule has 234 valence electrons. The third-order valence-electron chi connectivity index (χ3n) is 6.85. The molecule has 0 aliphatic carbocycles. The first-order valence-corrected chi connectivity index (χ1v) is 17.5. The van der Waals surface area contributed by atoms with E-state index in [2.05, 4.69) is 11.9 Å². The summed E-state index contributed by atoms with van der Waals surface area (Å²) < 4.78 is 36.4. The predicted molar refractivity (Wildman–Crippen MR) is 162 cm³/mol. The summed E-state index contributed by atoms with van der Waals surface area (Å²) in [7, 11) is -3.44. The second-order valence-corrected chi connectivity index (χ2v) is 12.6. The zero-order valence-corrected chi connectivity index (χ0v) is 26.4. The molecule has 9 nitrogen and oxygen atoms in total. The van der Waals surface area contributed by atoms with Gasteiger partial charge in [-0.15, -0.1) is 0 Å². The van der Waals surface area contributed by atoms with E-state index in [4.69, 9.17) is 18.5 Å². The molecule has 0 saturated carbocycles. The molecule has 0 spiro atoms. The summed E-state index contributed by atoms with van der Waals surface area (Å²) >= 11 is 0. The van der Waals surface area contributed by atoms with Gasteiger partial charge in [-0.3, -0.25) is 18.9 Å². The number of hydrogen-bond acceptors (Lipinski definition) is 7. The van der Waals surface area contributed by atoms with Crippen LogP contribution in [0.25, 0.3) is 0 Å². The molecule has 0 radical (unpaired) electrons. The first-order chi connectivity index (χ1) is 19.4. The third-order valence-corrected chi connectivity index (χ3v) is 8.54. The molecule has 1 heterocycles. The van der Waals surface area contributed by atoms with Gasteiger partial charge < -0.3 is 18.5 Å². The summed E-state index contributed by atoms with van der Waals surface area (Å²) in [6.07, 6.45) is 22.2. The molecule has 1 aromatic heterocycles. The quantitative estimate of drug-likeness (QED) is 0.0801. The molecule has 0 aliphatic heterocycles. The first kappa shape index (κ1) is 36.8. The maximum atomic E-state index is 12.9. The van der Waals surface area contributed by atoms with Crippen molar-refractivity contribution in [2.75, 3.05) is 32.8 Å². The number of H-pyrrole nitrogens is 1. The summed E-state index contributed by atoms with van der Waals surface area (Å²) in [6.45, 7) is 7.36. The number of nitrogens with one attached hydrogen (secondary N) is 1. The summed E-state index contributed by atoms with van der Waals surface area (Å²) in [5.41, 5.74) is -0.977.